The normalized spacial score (nSPS) is 19.7. The predicted molar refractivity (Wildman–Crippen MR) is 50.4 cm³/mol. The first-order valence-corrected chi connectivity index (χ1v) is 4.30. The minimum Gasteiger partial charge on any atom is -0.481 e. The molecule has 0 spiro atoms. The van der Waals surface area contributed by atoms with E-state index in [-0.39, 0.29) is 12.3 Å². The van der Waals surface area contributed by atoms with E-state index in [1.54, 1.807) is 24.3 Å². The van der Waals surface area contributed by atoms with Crippen molar-refractivity contribution in [1.29, 1.82) is 0 Å². The maximum absolute atomic E-state index is 11.6. The molecule has 1 unspecified atom stereocenters. The second kappa shape index (κ2) is 3.14. The fourth-order valence-corrected chi connectivity index (χ4v) is 1.54. The Morgan fingerprint density at radius 3 is 2.86 bits per heavy atom. The number of carboxylic acids is 1. The number of carbonyl (C=O) groups excluding carboxylic acids is 1. The molecule has 2 rings (SSSR count). The van der Waals surface area contributed by atoms with Gasteiger partial charge in [0.2, 0.25) is 0 Å². The number of hydrogen-bond donors (Lipinski definition) is 2. The number of ketones is 1. The van der Waals surface area contributed by atoms with Gasteiger partial charge < -0.3 is 10.4 Å². The molecule has 0 amide bonds. The van der Waals surface area contributed by atoms with E-state index in [9.17, 15) is 9.59 Å². The van der Waals surface area contributed by atoms with Crippen LogP contribution < -0.4 is 5.32 Å². The second-order valence-corrected chi connectivity index (χ2v) is 3.18. The van der Waals surface area contributed by atoms with Crippen molar-refractivity contribution in [2.45, 2.75) is 0 Å². The van der Waals surface area contributed by atoms with Crippen molar-refractivity contribution >= 4 is 17.4 Å². The van der Waals surface area contributed by atoms with Crippen LogP contribution >= 0.6 is 0 Å². The largest absolute Gasteiger partial charge is 0.481 e. The van der Waals surface area contributed by atoms with E-state index in [0.29, 0.717) is 5.56 Å². The molecule has 0 radical (unpaired) electrons. The number of aliphatic carboxylic acids is 1. The van der Waals surface area contributed by atoms with Gasteiger partial charge in [-0.3, -0.25) is 9.59 Å². The molecule has 0 aromatic heterocycles. The van der Waals surface area contributed by atoms with Gasteiger partial charge in [-0.1, -0.05) is 12.1 Å². The van der Waals surface area contributed by atoms with Gasteiger partial charge >= 0.3 is 5.97 Å². The molecule has 0 fully saturated rings. The molecule has 0 saturated heterocycles. The Morgan fingerprint density at radius 2 is 2.14 bits per heavy atom. The highest BCUT2D eigenvalue weighted by atomic mass is 16.4. The van der Waals surface area contributed by atoms with Crippen molar-refractivity contribution in [1.82, 2.24) is 0 Å². The van der Waals surface area contributed by atoms with Crippen molar-refractivity contribution in [2.24, 2.45) is 5.92 Å². The second-order valence-electron chi connectivity index (χ2n) is 3.18. The summed E-state index contributed by atoms with van der Waals surface area (Å²) in [5.74, 6) is -2.34. The van der Waals surface area contributed by atoms with Gasteiger partial charge in [-0.05, 0) is 12.1 Å². The van der Waals surface area contributed by atoms with E-state index in [1.165, 1.54) is 0 Å². The van der Waals surface area contributed by atoms with E-state index in [2.05, 4.69) is 5.32 Å². The van der Waals surface area contributed by atoms with Crippen LogP contribution in [-0.2, 0) is 4.79 Å². The standard InChI is InChI=1S/C10H9NO3/c12-9-6-3-1-2-4-8(6)11-5-7(9)10(13)14/h1-4,7,11H,5H2,(H,13,14). The lowest BCUT2D eigenvalue weighted by Gasteiger charge is -2.21. The molecule has 2 N–H and O–H groups in total. The summed E-state index contributed by atoms with van der Waals surface area (Å²) in [5.41, 5.74) is 1.18. The number of Topliss-reactive ketones (excluding diaryl/α,β-unsaturated/α-hetero) is 1. The number of nitrogens with one attached hydrogen (secondary N) is 1. The van der Waals surface area contributed by atoms with Crippen LogP contribution in [0.3, 0.4) is 0 Å². The van der Waals surface area contributed by atoms with Crippen molar-refractivity contribution in [3.05, 3.63) is 29.8 Å². The molecule has 1 aromatic carbocycles. The summed E-state index contributed by atoms with van der Waals surface area (Å²) in [6, 6.07) is 6.94. The smallest absolute Gasteiger partial charge is 0.316 e. The average molecular weight is 191 g/mol. The Morgan fingerprint density at radius 1 is 1.43 bits per heavy atom. The molecule has 1 atom stereocenters. The van der Waals surface area contributed by atoms with Crippen LogP contribution in [0, 0.1) is 5.92 Å². The van der Waals surface area contributed by atoms with Gasteiger partial charge in [0.15, 0.2) is 5.78 Å². The summed E-state index contributed by atoms with van der Waals surface area (Å²) in [6.45, 7) is 0.172. The predicted octanol–water partition coefficient (Wildman–Crippen LogP) is 0.996. The molecule has 72 valence electrons. The molecule has 0 saturated carbocycles. The summed E-state index contributed by atoms with van der Waals surface area (Å²) in [5, 5.41) is 11.7. The molecule has 1 aromatic rings. The number of hydrogen-bond acceptors (Lipinski definition) is 3. The van der Waals surface area contributed by atoms with E-state index < -0.39 is 11.9 Å². The van der Waals surface area contributed by atoms with E-state index >= 15 is 0 Å². The van der Waals surface area contributed by atoms with Crippen molar-refractivity contribution in [3.8, 4) is 0 Å². The first kappa shape index (κ1) is 8.74. The summed E-state index contributed by atoms with van der Waals surface area (Å²) in [4.78, 5) is 22.4. The van der Waals surface area contributed by atoms with Gasteiger partial charge in [0.1, 0.15) is 5.92 Å². The SMILES string of the molecule is O=C(O)C1CNc2ccccc2C1=O. The highest BCUT2D eigenvalue weighted by Crippen LogP contribution is 2.24. The number of anilines is 1. The third kappa shape index (κ3) is 1.25. The van der Waals surface area contributed by atoms with Gasteiger partial charge in [0.25, 0.3) is 0 Å². The highest BCUT2D eigenvalue weighted by molar-refractivity contribution is 6.12. The van der Waals surface area contributed by atoms with E-state index in [1.807, 2.05) is 0 Å². The molecule has 14 heavy (non-hydrogen) atoms. The van der Waals surface area contributed by atoms with Crippen molar-refractivity contribution < 1.29 is 14.7 Å². The molecule has 4 heteroatoms. The summed E-state index contributed by atoms with van der Waals surface area (Å²) in [7, 11) is 0. The number of benzene rings is 1. The Kier molecular flexibility index (Phi) is 1.96. The van der Waals surface area contributed by atoms with Crippen molar-refractivity contribution in [3.63, 3.8) is 0 Å². The molecule has 1 aliphatic heterocycles. The number of carboxylic acid groups (broad SMARTS) is 1. The third-order valence-corrected chi connectivity index (χ3v) is 2.30. The van der Waals surface area contributed by atoms with Crippen LogP contribution in [0.5, 0.6) is 0 Å². The van der Waals surface area contributed by atoms with Crippen LogP contribution in [0.4, 0.5) is 5.69 Å². The molecular formula is C10H9NO3. The van der Waals surface area contributed by atoms with E-state index in [4.69, 9.17) is 5.11 Å². The van der Waals surface area contributed by atoms with Gasteiger partial charge in [0.05, 0.1) is 0 Å². The van der Waals surface area contributed by atoms with Crippen molar-refractivity contribution in [2.75, 3.05) is 11.9 Å². The van der Waals surface area contributed by atoms with Gasteiger partial charge in [-0.2, -0.15) is 0 Å². The average Bonchev–Trinajstić information content (AvgIpc) is 2.18. The van der Waals surface area contributed by atoms with Crippen LogP contribution in [0.2, 0.25) is 0 Å². The van der Waals surface area contributed by atoms with Crippen LogP contribution in [0.15, 0.2) is 24.3 Å². The lowest BCUT2D eigenvalue weighted by molar-refractivity contribution is -0.139. The van der Waals surface area contributed by atoms with Gasteiger partial charge in [-0.15, -0.1) is 0 Å². The Balaban J connectivity index is 2.41. The number of fused-ring (bicyclic) bond motifs is 1. The van der Waals surface area contributed by atoms with Gasteiger partial charge in [-0.25, -0.2) is 0 Å². The molecule has 0 aliphatic carbocycles. The monoisotopic (exact) mass is 191 g/mol. The van der Waals surface area contributed by atoms with Crippen LogP contribution in [-0.4, -0.2) is 23.4 Å². The molecular weight excluding hydrogens is 182 g/mol. The van der Waals surface area contributed by atoms with E-state index in [0.717, 1.165) is 5.69 Å². The zero-order valence-corrected chi connectivity index (χ0v) is 7.36. The fraction of sp³-hybridized carbons (Fsp3) is 0.200. The molecule has 1 aliphatic rings. The van der Waals surface area contributed by atoms with Gasteiger partial charge in [0, 0.05) is 17.8 Å². The lowest BCUT2D eigenvalue weighted by Crippen LogP contribution is -2.35. The highest BCUT2D eigenvalue weighted by Gasteiger charge is 2.32. The first-order chi connectivity index (χ1) is 6.70. The number of para-hydroxylation sites is 1. The zero-order valence-electron chi connectivity index (χ0n) is 7.36. The summed E-state index contributed by atoms with van der Waals surface area (Å²) >= 11 is 0. The third-order valence-electron chi connectivity index (χ3n) is 2.30. The minimum atomic E-state index is -1.07. The Bertz CT molecular complexity index is 400. The number of carbonyl (C=O) groups is 2. The zero-order chi connectivity index (χ0) is 10.1. The number of rotatable bonds is 1. The molecule has 1 heterocycles. The Labute approximate surface area is 80.6 Å². The fourth-order valence-electron chi connectivity index (χ4n) is 1.54. The molecule has 4 nitrogen and oxygen atoms in total. The van der Waals surface area contributed by atoms with Crippen LogP contribution in [0.1, 0.15) is 10.4 Å². The summed E-state index contributed by atoms with van der Waals surface area (Å²) < 4.78 is 0. The maximum Gasteiger partial charge on any atom is 0.316 e. The first-order valence-electron chi connectivity index (χ1n) is 4.30. The minimum absolute atomic E-state index is 0.172. The Hall–Kier alpha value is -1.84. The maximum atomic E-state index is 11.6. The molecule has 0 bridgehead atoms. The quantitative estimate of drug-likeness (QED) is 0.650. The topological polar surface area (TPSA) is 66.4 Å². The lowest BCUT2D eigenvalue weighted by atomic mass is 9.93. The summed E-state index contributed by atoms with van der Waals surface area (Å²) in [6.07, 6.45) is 0. The van der Waals surface area contributed by atoms with Crippen LogP contribution in [0.25, 0.3) is 0 Å².